The van der Waals surface area contributed by atoms with Crippen LogP contribution in [0.25, 0.3) is 44.4 Å². The first-order valence-electron chi connectivity index (χ1n) is 14.8. The number of aliphatic carboxylic acids is 2. The van der Waals surface area contributed by atoms with Crippen molar-refractivity contribution < 1.29 is 30.0 Å². The Hall–Kier alpha value is -5.06. The van der Waals surface area contributed by atoms with E-state index in [1.54, 1.807) is 0 Å². The first-order valence-corrected chi connectivity index (χ1v) is 14.8. The minimum atomic E-state index is -0.873. The van der Waals surface area contributed by atoms with Crippen molar-refractivity contribution in [1.29, 1.82) is 0 Å². The second kappa shape index (κ2) is 17.4. The van der Waals surface area contributed by atoms with E-state index >= 15 is 0 Å². The zero-order valence-electron chi connectivity index (χ0n) is 27.0. The number of hydrogen-bond donors (Lipinski definition) is 6. The van der Waals surface area contributed by atoms with Gasteiger partial charge in [0.15, 0.2) is 0 Å². The monoisotopic (exact) mass is 628 g/mol. The van der Waals surface area contributed by atoms with Crippen LogP contribution in [-0.4, -0.2) is 65.5 Å². The summed E-state index contributed by atoms with van der Waals surface area (Å²) in [6.45, 7) is 19.8. The fourth-order valence-electron chi connectivity index (χ4n) is 5.10. The number of aliphatic hydroxyl groups is 2. The number of carboxylic acids is 2. The lowest BCUT2D eigenvalue weighted by molar-refractivity contribution is -0.137. The standard InChI is InChI=1S/C30H30N4O4.C2H6O2.2C2H4/c1-15-9-20-12-25-17(3)21(5-7-29(35)36)27(33-25)14-28-22(6-8-30(37)38)18(4)26(34-28)13-24-16(2)10-19(32-24)11-23(15)31-20;3-1-2-4;2*1-2/h9-14,31-32H,5-8H2,1-4H3,(H,35,36)(H,37,38);3-4H,1-2H2;2*1-2H2. The summed E-state index contributed by atoms with van der Waals surface area (Å²) >= 11 is 0. The minimum Gasteiger partial charge on any atom is -0.481 e. The van der Waals surface area contributed by atoms with Crippen molar-refractivity contribution in [2.75, 3.05) is 13.2 Å². The molecule has 0 amide bonds. The Kier molecular flexibility index (Phi) is 14.1. The third kappa shape index (κ3) is 9.23. The number of fused-ring (bicyclic) bond motifs is 8. The van der Waals surface area contributed by atoms with E-state index in [9.17, 15) is 19.8 Å². The second-order valence-corrected chi connectivity index (χ2v) is 10.4. The number of aromatic nitrogens is 4. The van der Waals surface area contributed by atoms with Gasteiger partial charge in [0, 0.05) is 34.9 Å². The van der Waals surface area contributed by atoms with Gasteiger partial charge in [0.05, 0.1) is 36.0 Å². The number of carboxylic acid groups (broad SMARTS) is 2. The Morgan fingerprint density at radius 3 is 1.41 bits per heavy atom. The lowest BCUT2D eigenvalue weighted by Crippen LogP contribution is -1.97. The van der Waals surface area contributed by atoms with Crippen LogP contribution < -0.4 is 0 Å². The normalized spacial score (nSPS) is 11.9. The van der Waals surface area contributed by atoms with Gasteiger partial charge in [-0.25, -0.2) is 9.97 Å². The Bertz CT molecular complexity index is 1790. The number of hydrogen-bond acceptors (Lipinski definition) is 6. The maximum atomic E-state index is 11.4. The molecular formula is C36H44N4O6. The topological polar surface area (TPSA) is 172 Å². The van der Waals surface area contributed by atoms with E-state index in [-0.39, 0.29) is 26.1 Å². The smallest absolute Gasteiger partial charge is 0.303 e. The molecule has 0 saturated carbocycles. The first kappa shape index (κ1) is 37.1. The van der Waals surface area contributed by atoms with Gasteiger partial charge in [0.2, 0.25) is 0 Å². The summed E-state index contributed by atoms with van der Waals surface area (Å²) in [6.07, 6.45) is 0.647. The molecule has 46 heavy (non-hydrogen) atoms. The number of H-pyrrole nitrogens is 2. The molecule has 244 valence electrons. The number of nitrogens with zero attached hydrogens (tertiary/aromatic N) is 2. The van der Waals surface area contributed by atoms with Gasteiger partial charge in [-0.15, -0.1) is 26.3 Å². The molecule has 0 spiro atoms. The third-order valence-electron chi connectivity index (χ3n) is 7.35. The van der Waals surface area contributed by atoms with Crippen LogP contribution in [0.2, 0.25) is 0 Å². The van der Waals surface area contributed by atoms with Gasteiger partial charge in [-0.1, -0.05) is 0 Å². The van der Waals surface area contributed by atoms with Crippen molar-refractivity contribution >= 4 is 56.3 Å². The van der Waals surface area contributed by atoms with Crippen molar-refractivity contribution in [2.24, 2.45) is 0 Å². The van der Waals surface area contributed by atoms with Gasteiger partial charge in [0.1, 0.15) is 0 Å². The SMILES string of the molecule is C=C.C=C.CC1=C(CCC(=O)O)c2cc3nc(cc4[nH]c(cc4C)cc4[nH]c(cc1n2)cc4C)C(C)=C3CCC(=O)O.OCCO. The molecule has 0 atom stereocenters. The molecule has 3 aromatic rings. The number of carbonyl (C=O) groups is 2. The molecule has 2 aliphatic heterocycles. The van der Waals surface area contributed by atoms with Gasteiger partial charge < -0.3 is 30.4 Å². The molecule has 0 radical (unpaired) electrons. The summed E-state index contributed by atoms with van der Waals surface area (Å²) < 4.78 is 0. The average Bonchev–Trinajstić information content (AvgIpc) is 3.73. The van der Waals surface area contributed by atoms with Crippen molar-refractivity contribution in [1.82, 2.24) is 19.9 Å². The highest BCUT2D eigenvalue weighted by Gasteiger charge is 2.22. The highest BCUT2D eigenvalue weighted by molar-refractivity contribution is 5.96. The minimum absolute atomic E-state index is 0.0138. The van der Waals surface area contributed by atoms with Crippen LogP contribution in [0.4, 0.5) is 0 Å². The van der Waals surface area contributed by atoms with Crippen LogP contribution in [0, 0.1) is 13.8 Å². The van der Waals surface area contributed by atoms with Gasteiger partial charge in [-0.2, -0.15) is 0 Å². The summed E-state index contributed by atoms with van der Waals surface area (Å²) in [5.74, 6) is -1.75. The van der Waals surface area contributed by atoms with Crippen LogP contribution >= 0.6 is 0 Å². The fraction of sp³-hybridized carbons (Fsp3) is 0.278. The highest BCUT2D eigenvalue weighted by atomic mass is 16.4. The quantitative estimate of drug-likeness (QED) is 0.150. The van der Waals surface area contributed by atoms with Gasteiger partial charge in [-0.3, -0.25) is 9.59 Å². The van der Waals surface area contributed by atoms with E-state index in [0.717, 1.165) is 66.9 Å². The molecule has 0 aromatic carbocycles. The molecule has 5 rings (SSSR count). The molecule has 0 fully saturated rings. The predicted octanol–water partition coefficient (Wildman–Crippen LogP) is 7.10. The van der Waals surface area contributed by atoms with Gasteiger partial charge >= 0.3 is 11.9 Å². The Morgan fingerprint density at radius 1 is 0.609 bits per heavy atom. The predicted molar refractivity (Wildman–Crippen MR) is 186 cm³/mol. The van der Waals surface area contributed by atoms with Crippen LogP contribution in [0.5, 0.6) is 0 Å². The molecular weight excluding hydrogens is 584 g/mol. The first-order chi connectivity index (χ1) is 22.0. The van der Waals surface area contributed by atoms with Crippen LogP contribution in [0.1, 0.15) is 73.4 Å². The molecule has 6 N–H and O–H groups in total. The van der Waals surface area contributed by atoms with Gasteiger partial charge in [0.25, 0.3) is 0 Å². The largest absolute Gasteiger partial charge is 0.481 e. The van der Waals surface area contributed by atoms with Crippen LogP contribution in [0.15, 0.2) is 62.7 Å². The molecule has 0 aliphatic carbocycles. The average molecular weight is 629 g/mol. The van der Waals surface area contributed by atoms with E-state index in [4.69, 9.17) is 20.2 Å². The summed E-state index contributed by atoms with van der Waals surface area (Å²) in [4.78, 5) is 39.6. The number of allylic oxidation sites excluding steroid dienone is 4. The summed E-state index contributed by atoms with van der Waals surface area (Å²) in [5.41, 5.74) is 12.4. The number of aliphatic hydroxyl groups excluding tert-OH is 2. The Labute approximate surface area is 269 Å². The van der Waals surface area contributed by atoms with Crippen molar-refractivity contribution in [3.05, 3.63) is 96.6 Å². The van der Waals surface area contributed by atoms with E-state index in [2.05, 4.69) is 61.4 Å². The van der Waals surface area contributed by atoms with Crippen molar-refractivity contribution in [2.45, 2.75) is 53.4 Å². The van der Waals surface area contributed by atoms with Crippen LogP contribution in [-0.2, 0) is 9.59 Å². The van der Waals surface area contributed by atoms with E-state index in [1.807, 2.05) is 39.0 Å². The zero-order valence-corrected chi connectivity index (χ0v) is 27.0. The summed E-state index contributed by atoms with van der Waals surface area (Å²) in [7, 11) is 0. The summed E-state index contributed by atoms with van der Waals surface area (Å²) in [5, 5.41) is 34.0. The van der Waals surface area contributed by atoms with Crippen LogP contribution in [0.3, 0.4) is 0 Å². The lowest BCUT2D eigenvalue weighted by Gasteiger charge is -2.05. The number of rotatable bonds is 7. The number of aromatic amines is 2. The van der Waals surface area contributed by atoms with Gasteiger partial charge in [-0.05, 0) is 110 Å². The van der Waals surface area contributed by atoms with E-state index < -0.39 is 11.9 Å². The van der Waals surface area contributed by atoms with E-state index in [0.29, 0.717) is 24.2 Å². The second-order valence-electron chi connectivity index (χ2n) is 10.4. The highest BCUT2D eigenvalue weighted by Crippen LogP contribution is 2.37. The molecule has 8 bridgehead atoms. The third-order valence-corrected chi connectivity index (χ3v) is 7.35. The Balaban J connectivity index is 0.000000841. The molecule has 10 heteroatoms. The molecule has 2 aliphatic rings. The number of nitrogens with one attached hydrogen (secondary N) is 2. The maximum absolute atomic E-state index is 11.4. The van der Waals surface area contributed by atoms with Crippen molar-refractivity contribution in [3.63, 3.8) is 0 Å². The Morgan fingerprint density at radius 2 is 1.00 bits per heavy atom. The fourth-order valence-corrected chi connectivity index (χ4v) is 5.10. The molecule has 5 heterocycles. The zero-order chi connectivity index (χ0) is 34.6. The lowest BCUT2D eigenvalue weighted by atomic mass is 9.98. The molecule has 10 nitrogen and oxygen atoms in total. The number of aryl methyl sites for hydroxylation is 2. The maximum Gasteiger partial charge on any atom is 0.303 e. The van der Waals surface area contributed by atoms with E-state index in [1.165, 1.54) is 0 Å². The molecule has 3 aromatic heterocycles. The molecule has 0 unspecified atom stereocenters. The molecule has 0 saturated heterocycles. The summed E-state index contributed by atoms with van der Waals surface area (Å²) in [6, 6.07) is 12.1. The van der Waals surface area contributed by atoms with Crippen molar-refractivity contribution in [3.8, 4) is 0 Å².